The van der Waals surface area contributed by atoms with Crippen molar-refractivity contribution in [3.63, 3.8) is 0 Å². The molecule has 1 N–H and O–H groups in total. The van der Waals surface area contributed by atoms with E-state index in [-0.39, 0.29) is 36.0 Å². The van der Waals surface area contributed by atoms with Gasteiger partial charge in [-0.2, -0.15) is 5.10 Å². The molecule has 1 unspecified atom stereocenters. The zero-order valence-electron chi connectivity index (χ0n) is 18.7. The van der Waals surface area contributed by atoms with Crippen LogP contribution in [0.4, 0.5) is 0 Å². The zero-order valence-corrected chi connectivity index (χ0v) is 21.1. The Hall–Kier alpha value is -2.39. The lowest BCUT2D eigenvalue weighted by Crippen LogP contribution is -2.48. The first-order chi connectivity index (χ1) is 15.2. The van der Waals surface area contributed by atoms with Crippen LogP contribution in [0.1, 0.15) is 35.6 Å². The Morgan fingerprint density at radius 2 is 1.78 bits per heavy atom. The number of halogens is 1. The largest absolute Gasteiger partial charge is 0.370 e. The van der Waals surface area contributed by atoms with E-state index < -0.39 is 0 Å². The van der Waals surface area contributed by atoms with Crippen molar-refractivity contribution in [1.82, 2.24) is 20.0 Å². The van der Waals surface area contributed by atoms with E-state index in [1.165, 1.54) is 11.1 Å². The van der Waals surface area contributed by atoms with Crippen LogP contribution in [0.15, 0.2) is 78.0 Å². The quantitative estimate of drug-likeness (QED) is 0.287. The van der Waals surface area contributed by atoms with Crippen LogP contribution in [0.25, 0.3) is 0 Å². The number of rotatable bonds is 6. The molecule has 0 bridgehead atoms. The normalized spacial score (nSPS) is 16.7. The minimum atomic E-state index is 0. The average Bonchev–Trinajstić information content (AvgIpc) is 3.26. The summed E-state index contributed by atoms with van der Waals surface area (Å²) >= 11 is 0. The Morgan fingerprint density at radius 1 is 1.12 bits per heavy atom. The molecule has 3 aromatic rings. The van der Waals surface area contributed by atoms with Gasteiger partial charge in [0.25, 0.3) is 0 Å². The number of nitrogens with one attached hydrogen (secondary N) is 1. The van der Waals surface area contributed by atoms with Gasteiger partial charge >= 0.3 is 0 Å². The molecule has 32 heavy (non-hydrogen) atoms. The number of aromatic nitrogens is 2. The number of morpholine rings is 1. The highest BCUT2D eigenvalue weighted by molar-refractivity contribution is 14.0. The summed E-state index contributed by atoms with van der Waals surface area (Å²) in [6, 6.07) is 21.3. The Kier molecular flexibility index (Phi) is 9.11. The van der Waals surface area contributed by atoms with Gasteiger partial charge in [0.1, 0.15) is 6.10 Å². The molecule has 2 heterocycles. The van der Waals surface area contributed by atoms with E-state index >= 15 is 0 Å². The van der Waals surface area contributed by atoms with Crippen LogP contribution in [-0.2, 0) is 11.8 Å². The molecule has 6 nitrogen and oxygen atoms in total. The maximum absolute atomic E-state index is 6.02. The summed E-state index contributed by atoms with van der Waals surface area (Å²) in [5.41, 5.74) is 3.67. The van der Waals surface area contributed by atoms with Crippen LogP contribution in [0.3, 0.4) is 0 Å². The van der Waals surface area contributed by atoms with Gasteiger partial charge in [-0.05, 0) is 18.1 Å². The second-order valence-electron chi connectivity index (χ2n) is 7.82. The summed E-state index contributed by atoms with van der Waals surface area (Å²) in [5, 5.41) is 7.78. The minimum absolute atomic E-state index is 0. The van der Waals surface area contributed by atoms with Crippen molar-refractivity contribution in [3.8, 4) is 0 Å². The molecule has 1 aliphatic rings. The van der Waals surface area contributed by atoms with Crippen LogP contribution in [-0.4, -0.2) is 53.4 Å². The van der Waals surface area contributed by atoms with Crippen LogP contribution in [0, 0.1) is 0 Å². The molecule has 0 amide bonds. The lowest BCUT2D eigenvalue weighted by molar-refractivity contribution is -0.00804. The number of hydrogen-bond acceptors (Lipinski definition) is 3. The molecule has 1 fully saturated rings. The summed E-state index contributed by atoms with van der Waals surface area (Å²) < 4.78 is 7.84. The summed E-state index contributed by atoms with van der Waals surface area (Å²) in [6.07, 6.45) is 3.92. The van der Waals surface area contributed by atoms with Gasteiger partial charge in [-0.25, -0.2) is 0 Å². The Labute approximate surface area is 207 Å². The SMILES string of the molecule is CCNC(=NCC(c1ccccc1)c1ccccc1)N1CCOC(c2cnn(C)c2)C1.I. The number of aryl methyl sites for hydroxylation is 1. The zero-order chi connectivity index (χ0) is 21.5. The first-order valence-corrected chi connectivity index (χ1v) is 11.0. The fourth-order valence-electron chi connectivity index (χ4n) is 4.03. The highest BCUT2D eigenvalue weighted by atomic mass is 127. The fourth-order valence-corrected chi connectivity index (χ4v) is 4.03. The summed E-state index contributed by atoms with van der Waals surface area (Å²) in [4.78, 5) is 7.38. The Morgan fingerprint density at radius 3 is 2.34 bits per heavy atom. The van der Waals surface area contributed by atoms with Gasteiger partial charge < -0.3 is 15.0 Å². The van der Waals surface area contributed by atoms with Gasteiger partial charge in [-0.1, -0.05) is 60.7 Å². The van der Waals surface area contributed by atoms with E-state index in [1.807, 2.05) is 24.1 Å². The van der Waals surface area contributed by atoms with Crippen LogP contribution < -0.4 is 5.32 Å². The standard InChI is InChI=1S/C25H31N5O.HI/c1-3-26-25(30-14-15-31-24(19-30)22-16-28-29(2)18-22)27-17-23(20-10-6-4-7-11-20)21-12-8-5-9-13-21;/h4-13,16,18,23-24H,3,14-15,17,19H2,1-2H3,(H,26,27);1H. The van der Waals surface area contributed by atoms with Gasteiger partial charge in [0.05, 0.1) is 25.9 Å². The third-order valence-corrected chi connectivity index (χ3v) is 5.63. The molecule has 0 spiro atoms. The van der Waals surface area contributed by atoms with E-state index in [0.29, 0.717) is 13.2 Å². The summed E-state index contributed by atoms with van der Waals surface area (Å²) in [6.45, 7) is 5.88. The van der Waals surface area contributed by atoms with Crippen molar-refractivity contribution >= 4 is 29.9 Å². The number of benzene rings is 2. The van der Waals surface area contributed by atoms with E-state index in [4.69, 9.17) is 9.73 Å². The van der Waals surface area contributed by atoms with Gasteiger partial charge in [0.15, 0.2) is 5.96 Å². The molecule has 0 aliphatic carbocycles. The van der Waals surface area contributed by atoms with E-state index in [1.54, 1.807) is 0 Å². The number of ether oxygens (including phenoxy) is 1. The predicted octanol–water partition coefficient (Wildman–Crippen LogP) is 4.21. The first-order valence-electron chi connectivity index (χ1n) is 11.0. The molecule has 2 aromatic carbocycles. The van der Waals surface area contributed by atoms with Crippen LogP contribution in [0.2, 0.25) is 0 Å². The minimum Gasteiger partial charge on any atom is -0.370 e. The number of nitrogens with zero attached hydrogens (tertiary/aromatic N) is 4. The van der Waals surface area contributed by atoms with Crippen molar-refractivity contribution in [2.24, 2.45) is 12.0 Å². The van der Waals surface area contributed by atoms with Crippen LogP contribution >= 0.6 is 24.0 Å². The molecular weight excluding hydrogens is 513 g/mol. The highest BCUT2D eigenvalue weighted by Crippen LogP contribution is 2.26. The first kappa shape index (κ1) is 24.3. The summed E-state index contributed by atoms with van der Waals surface area (Å²) in [5.74, 6) is 1.16. The topological polar surface area (TPSA) is 54.7 Å². The third-order valence-electron chi connectivity index (χ3n) is 5.63. The molecule has 0 radical (unpaired) electrons. The van der Waals surface area contributed by atoms with Gasteiger partial charge in [0.2, 0.25) is 0 Å². The average molecular weight is 545 g/mol. The molecule has 170 valence electrons. The van der Waals surface area contributed by atoms with Gasteiger partial charge in [0, 0.05) is 37.8 Å². The van der Waals surface area contributed by atoms with Crippen molar-refractivity contribution in [3.05, 3.63) is 89.7 Å². The second kappa shape index (κ2) is 12.0. The molecule has 1 saturated heterocycles. The molecule has 1 aromatic heterocycles. The molecule has 7 heteroatoms. The predicted molar refractivity (Wildman–Crippen MR) is 140 cm³/mol. The van der Waals surface area contributed by atoms with Crippen molar-refractivity contribution in [1.29, 1.82) is 0 Å². The maximum atomic E-state index is 6.02. The molecule has 1 atom stereocenters. The smallest absolute Gasteiger partial charge is 0.194 e. The monoisotopic (exact) mass is 545 g/mol. The summed E-state index contributed by atoms with van der Waals surface area (Å²) in [7, 11) is 1.93. The van der Waals surface area contributed by atoms with Gasteiger partial charge in [-0.3, -0.25) is 9.67 Å². The van der Waals surface area contributed by atoms with Gasteiger partial charge in [-0.15, -0.1) is 24.0 Å². The van der Waals surface area contributed by atoms with Crippen molar-refractivity contribution < 1.29 is 4.74 Å². The van der Waals surface area contributed by atoms with Crippen LogP contribution in [0.5, 0.6) is 0 Å². The van der Waals surface area contributed by atoms with E-state index in [9.17, 15) is 0 Å². The van der Waals surface area contributed by atoms with Crippen molar-refractivity contribution in [2.75, 3.05) is 32.8 Å². The third kappa shape index (κ3) is 6.10. The highest BCUT2D eigenvalue weighted by Gasteiger charge is 2.25. The van der Waals surface area contributed by atoms with E-state index in [2.05, 4.69) is 82.9 Å². The maximum Gasteiger partial charge on any atom is 0.194 e. The lowest BCUT2D eigenvalue weighted by Gasteiger charge is -2.35. The molecule has 4 rings (SSSR count). The second-order valence-corrected chi connectivity index (χ2v) is 7.82. The number of aliphatic imine (C=N–C) groups is 1. The number of guanidine groups is 1. The lowest BCUT2D eigenvalue weighted by atomic mass is 9.91. The molecule has 1 aliphatic heterocycles. The molecule has 0 saturated carbocycles. The Balaban J connectivity index is 0.00000289. The van der Waals surface area contributed by atoms with Crippen molar-refractivity contribution in [2.45, 2.75) is 18.9 Å². The fraction of sp³-hybridized carbons (Fsp3) is 0.360. The number of hydrogen-bond donors (Lipinski definition) is 1. The van der Waals surface area contributed by atoms with E-state index in [0.717, 1.165) is 31.2 Å². The Bertz CT molecular complexity index is 937. The molecular formula is C25H32IN5O.